The second-order valence-electron chi connectivity index (χ2n) is 5.00. The first-order valence-corrected chi connectivity index (χ1v) is 7.64. The predicted octanol–water partition coefficient (Wildman–Crippen LogP) is 1.16. The van der Waals surface area contributed by atoms with Gasteiger partial charge in [0.05, 0.1) is 10.9 Å². The van der Waals surface area contributed by atoms with Gasteiger partial charge in [-0.1, -0.05) is 0 Å². The van der Waals surface area contributed by atoms with Gasteiger partial charge in [-0.25, -0.2) is 0 Å². The zero-order valence-electron chi connectivity index (χ0n) is 11.3. The third-order valence-corrected chi connectivity index (χ3v) is 4.74. The highest BCUT2D eigenvalue weighted by Gasteiger charge is 2.25. The van der Waals surface area contributed by atoms with Crippen LogP contribution in [0.4, 0.5) is 5.69 Å². The Hall–Kier alpha value is -1.53. The van der Waals surface area contributed by atoms with Crippen molar-refractivity contribution < 1.29 is 9.59 Å². The summed E-state index contributed by atoms with van der Waals surface area (Å²) < 4.78 is 0. The second kappa shape index (κ2) is 5.46. The molecular weight excluding hydrogens is 274 g/mol. The van der Waals surface area contributed by atoms with Crippen molar-refractivity contribution in [2.24, 2.45) is 0 Å². The van der Waals surface area contributed by atoms with E-state index < -0.39 is 0 Å². The molecule has 2 aliphatic heterocycles. The maximum atomic E-state index is 12.4. The Morgan fingerprint density at radius 3 is 2.85 bits per heavy atom. The van der Waals surface area contributed by atoms with Gasteiger partial charge in [0.2, 0.25) is 5.91 Å². The number of carbonyl (C=O) groups is 2. The number of amides is 2. The van der Waals surface area contributed by atoms with Crippen molar-refractivity contribution >= 4 is 29.3 Å². The smallest absolute Gasteiger partial charge is 0.254 e. The number of nitrogens with one attached hydrogen (secondary N) is 2. The third kappa shape index (κ3) is 2.53. The Bertz CT molecular complexity index is 555. The monoisotopic (exact) mass is 291 g/mol. The number of piperazine rings is 1. The van der Waals surface area contributed by atoms with Gasteiger partial charge in [0.25, 0.3) is 5.91 Å². The minimum absolute atomic E-state index is 0.00530. The van der Waals surface area contributed by atoms with Crippen LogP contribution in [0, 0.1) is 0 Å². The molecule has 1 aromatic carbocycles. The van der Waals surface area contributed by atoms with E-state index in [0.717, 1.165) is 36.8 Å². The SMILES string of the molecule is CC1Sc2ccc(C(=O)N3CCNCC3)cc2NC1=O. The molecular formula is C14H17N3O2S. The van der Waals surface area contributed by atoms with Crippen molar-refractivity contribution in [3.05, 3.63) is 23.8 Å². The highest BCUT2D eigenvalue weighted by Crippen LogP contribution is 2.36. The van der Waals surface area contributed by atoms with Gasteiger partial charge in [0.1, 0.15) is 0 Å². The van der Waals surface area contributed by atoms with Crippen LogP contribution in [0.1, 0.15) is 17.3 Å². The molecule has 0 aliphatic carbocycles. The largest absolute Gasteiger partial charge is 0.336 e. The summed E-state index contributed by atoms with van der Waals surface area (Å²) in [6.07, 6.45) is 0. The first kappa shape index (κ1) is 13.5. The molecule has 0 saturated carbocycles. The van der Waals surface area contributed by atoms with E-state index in [2.05, 4.69) is 10.6 Å². The predicted molar refractivity (Wildman–Crippen MR) is 79.2 cm³/mol. The first-order valence-electron chi connectivity index (χ1n) is 6.77. The number of rotatable bonds is 1. The van der Waals surface area contributed by atoms with Gasteiger partial charge < -0.3 is 15.5 Å². The molecule has 3 rings (SSSR count). The fourth-order valence-electron chi connectivity index (χ4n) is 2.39. The van der Waals surface area contributed by atoms with Gasteiger partial charge >= 0.3 is 0 Å². The highest BCUT2D eigenvalue weighted by molar-refractivity contribution is 8.00. The first-order chi connectivity index (χ1) is 9.65. The zero-order chi connectivity index (χ0) is 14.1. The fraction of sp³-hybridized carbons (Fsp3) is 0.429. The number of fused-ring (bicyclic) bond motifs is 1. The minimum atomic E-state index is -0.0859. The molecule has 6 heteroatoms. The van der Waals surface area contributed by atoms with Crippen molar-refractivity contribution in [1.82, 2.24) is 10.2 Å². The van der Waals surface area contributed by atoms with Crippen LogP contribution in [-0.2, 0) is 4.79 Å². The lowest BCUT2D eigenvalue weighted by Crippen LogP contribution is -2.46. The molecule has 5 nitrogen and oxygen atoms in total. The van der Waals surface area contributed by atoms with Crippen LogP contribution in [0.3, 0.4) is 0 Å². The van der Waals surface area contributed by atoms with Gasteiger partial charge in [-0.2, -0.15) is 0 Å². The molecule has 2 amide bonds. The molecule has 2 heterocycles. The average molecular weight is 291 g/mol. The van der Waals surface area contributed by atoms with E-state index >= 15 is 0 Å². The zero-order valence-corrected chi connectivity index (χ0v) is 12.1. The molecule has 1 unspecified atom stereocenters. The number of nitrogens with zero attached hydrogens (tertiary/aromatic N) is 1. The quantitative estimate of drug-likeness (QED) is 0.815. The summed E-state index contributed by atoms with van der Waals surface area (Å²) in [5.74, 6) is 0.0291. The lowest BCUT2D eigenvalue weighted by Gasteiger charge is -2.28. The van der Waals surface area contributed by atoms with E-state index in [9.17, 15) is 9.59 Å². The van der Waals surface area contributed by atoms with Crippen molar-refractivity contribution in [1.29, 1.82) is 0 Å². The summed E-state index contributed by atoms with van der Waals surface area (Å²) in [5, 5.41) is 6.01. The van der Waals surface area contributed by atoms with Crippen LogP contribution < -0.4 is 10.6 Å². The molecule has 2 N–H and O–H groups in total. The standard InChI is InChI=1S/C14H17N3O2S/c1-9-13(18)16-11-8-10(2-3-12(11)20-9)14(19)17-6-4-15-5-7-17/h2-3,8-9,15H,4-7H2,1H3,(H,16,18). The third-order valence-electron chi connectivity index (χ3n) is 3.56. The summed E-state index contributed by atoms with van der Waals surface area (Å²) >= 11 is 1.53. The van der Waals surface area contributed by atoms with E-state index in [0.29, 0.717) is 5.56 Å². The Morgan fingerprint density at radius 1 is 1.35 bits per heavy atom. The number of hydrogen-bond donors (Lipinski definition) is 2. The van der Waals surface area contributed by atoms with Crippen LogP contribution in [-0.4, -0.2) is 48.1 Å². The summed E-state index contributed by atoms with van der Waals surface area (Å²) in [5.41, 5.74) is 1.39. The van der Waals surface area contributed by atoms with Crippen molar-refractivity contribution in [3.8, 4) is 0 Å². The molecule has 0 radical (unpaired) electrons. The molecule has 106 valence electrons. The van der Waals surface area contributed by atoms with Gasteiger partial charge in [0, 0.05) is 36.6 Å². The van der Waals surface area contributed by atoms with Crippen molar-refractivity contribution in [3.63, 3.8) is 0 Å². The van der Waals surface area contributed by atoms with E-state index in [1.54, 1.807) is 6.07 Å². The average Bonchev–Trinajstić information content (AvgIpc) is 2.48. The highest BCUT2D eigenvalue weighted by atomic mass is 32.2. The molecule has 0 spiro atoms. The maximum Gasteiger partial charge on any atom is 0.254 e. The Morgan fingerprint density at radius 2 is 2.10 bits per heavy atom. The topological polar surface area (TPSA) is 61.4 Å². The minimum Gasteiger partial charge on any atom is -0.336 e. The van der Waals surface area contributed by atoms with E-state index in [1.807, 2.05) is 24.0 Å². The van der Waals surface area contributed by atoms with Crippen LogP contribution >= 0.6 is 11.8 Å². The molecule has 1 saturated heterocycles. The second-order valence-corrected chi connectivity index (χ2v) is 6.39. The number of thioether (sulfide) groups is 1. The van der Waals surface area contributed by atoms with Gasteiger partial charge in [0.15, 0.2) is 0 Å². The van der Waals surface area contributed by atoms with Crippen LogP contribution in [0.2, 0.25) is 0 Å². The van der Waals surface area contributed by atoms with Crippen molar-refractivity contribution in [2.75, 3.05) is 31.5 Å². The van der Waals surface area contributed by atoms with E-state index in [4.69, 9.17) is 0 Å². The molecule has 1 fully saturated rings. The number of carbonyl (C=O) groups excluding carboxylic acids is 2. The summed E-state index contributed by atoms with van der Waals surface area (Å²) in [6.45, 7) is 5.01. The van der Waals surface area contributed by atoms with Gasteiger partial charge in [-0.05, 0) is 25.1 Å². The molecule has 2 aliphatic rings. The molecule has 0 bridgehead atoms. The number of benzene rings is 1. The Balaban J connectivity index is 1.83. The molecule has 1 aromatic rings. The Kier molecular flexibility index (Phi) is 3.67. The maximum absolute atomic E-state index is 12.4. The van der Waals surface area contributed by atoms with Crippen LogP contribution in [0.15, 0.2) is 23.1 Å². The summed E-state index contributed by atoms with van der Waals surface area (Å²) in [4.78, 5) is 27.0. The van der Waals surface area contributed by atoms with E-state index in [-0.39, 0.29) is 17.1 Å². The lowest BCUT2D eigenvalue weighted by atomic mass is 10.1. The van der Waals surface area contributed by atoms with Crippen molar-refractivity contribution in [2.45, 2.75) is 17.1 Å². The molecule has 0 aromatic heterocycles. The van der Waals surface area contributed by atoms with Gasteiger partial charge in [-0.3, -0.25) is 9.59 Å². The molecule has 20 heavy (non-hydrogen) atoms. The number of hydrogen-bond acceptors (Lipinski definition) is 4. The fourth-order valence-corrected chi connectivity index (χ4v) is 3.32. The Labute approximate surface area is 122 Å². The normalized spacial score (nSPS) is 22.1. The summed E-state index contributed by atoms with van der Waals surface area (Å²) in [7, 11) is 0. The lowest BCUT2D eigenvalue weighted by molar-refractivity contribution is -0.115. The number of anilines is 1. The summed E-state index contributed by atoms with van der Waals surface area (Å²) in [6, 6.07) is 5.56. The van der Waals surface area contributed by atoms with Gasteiger partial charge in [-0.15, -0.1) is 11.8 Å². The van der Waals surface area contributed by atoms with Crippen LogP contribution in [0.5, 0.6) is 0 Å². The van der Waals surface area contributed by atoms with Crippen LogP contribution in [0.25, 0.3) is 0 Å². The molecule has 1 atom stereocenters. The van der Waals surface area contributed by atoms with E-state index in [1.165, 1.54) is 11.8 Å².